The summed E-state index contributed by atoms with van der Waals surface area (Å²) in [6, 6.07) is 9.98. The van der Waals surface area contributed by atoms with Gasteiger partial charge in [-0.15, -0.1) is 0 Å². The van der Waals surface area contributed by atoms with Gasteiger partial charge in [-0.1, -0.05) is 0 Å². The number of benzene rings is 2. The molecule has 1 fully saturated rings. The van der Waals surface area contributed by atoms with Gasteiger partial charge in [0.1, 0.15) is 0 Å². The van der Waals surface area contributed by atoms with Crippen LogP contribution in [0.5, 0.6) is 11.5 Å². The van der Waals surface area contributed by atoms with E-state index in [1.54, 1.807) is 44.5 Å². The lowest BCUT2D eigenvalue weighted by molar-refractivity contribution is 0.0993. The lowest BCUT2D eigenvalue weighted by Gasteiger charge is -2.25. The van der Waals surface area contributed by atoms with E-state index in [9.17, 15) is 13.2 Å². The second kappa shape index (κ2) is 9.15. The Bertz CT molecular complexity index is 1060. The third kappa shape index (κ3) is 4.47. The predicted molar refractivity (Wildman–Crippen MR) is 121 cm³/mol. The highest BCUT2D eigenvalue weighted by atomic mass is 32.2. The van der Waals surface area contributed by atoms with Crippen molar-refractivity contribution < 1.29 is 22.7 Å². The van der Waals surface area contributed by atoms with E-state index in [1.165, 1.54) is 32.2 Å². The molecule has 0 unspecified atom stereocenters. The number of nitrogens with zero attached hydrogens (tertiary/aromatic N) is 3. The number of methoxy groups -OCH3 is 2. The van der Waals surface area contributed by atoms with Crippen molar-refractivity contribution in [2.24, 2.45) is 0 Å². The van der Waals surface area contributed by atoms with E-state index in [1.807, 2.05) is 0 Å². The van der Waals surface area contributed by atoms with Gasteiger partial charge in [0.05, 0.1) is 24.7 Å². The number of sulfonamides is 1. The lowest BCUT2D eigenvalue weighted by Crippen LogP contribution is -2.30. The highest BCUT2D eigenvalue weighted by Gasteiger charge is 2.26. The van der Waals surface area contributed by atoms with Crippen LogP contribution in [-0.4, -0.2) is 67.1 Å². The van der Waals surface area contributed by atoms with E-state index in [0.717, 1.165) is 35.9 Å². The second-order valence-corrected chi connectivity index (χ2v) is 9.72. The number of carbonyl (C=O) groups is 1. The van der Waals surface area contributed by atoms with Crippen molar-refractivity contribution >= 4 is 27.3 Å². The van der Waals surface area contributed by atoms with Crippen molar-refractivity contribution in [2.45, 2.75) is 17.7 Å². The molecule has 0 bridgehead atoms. The fourth-order valence-corrected chi connectivity index (χ4v) is 4.55. The van der Waals surface area contributed by atoms with E-state index in [4.69, 9.17) is 9.47 Å². The molecule has 0 aliphatic carbocycles. The molecule has 0 spiro atoms. The summed E-state index contributed by atoms with van der Waals surface area (Å²) in [6.45, 7) is 1.67. The molecule has 8 nitrogen and oxygen atoms in total. The van der Waals surface area contributed by atoms with Crippen LogP contribution >= 0.6 is 0 Å². The molecule has 0 atom stereocenters. The summed E-state index contributed by atoms with van der Waals surface area (Å²) < 4.78 is 37.1. The van der Waals surface area contributed by atoms with Gasteiger partial charge in [-0.2, -0.15) is 0 Å². The zero-order valence-corrected chi connectivity index (χ0v) is 19.4. The summed E-state index contributed by atoms with van der Waals surface area (Å²) in [6.07, 6.45) is 2.08. The van der Waals surface area contributed by atoms with Gasteiger partial charge < -0.3 is 19.3 Å². The summed E-state index contributed by atoms with van der Waals surface area (Å²) in [4.78, 5) is 17.2. The molecule has 3 rings (SSSR count). The van der Waals surface area contributed by atoms with Crippen molar-refractivity contribution in [2.75, 3.05) is 58.3 Å². The van der Waals surface area contributed by atoms with Crippen molar-refractivity contribution in [1.82, 2.24) is 4.31 Å². The maximum Gasteiger partial charge on any atom is 0.260 e. The lowest BCUT2D eigenvalue weighted by atomic mass is 10.1. The zero-order chi connectivity index (χ0) is 22.8. The third-order valence-corrected chi connectivity index (χ3v) is 7.29. The minimum Gasteiger partial charge on any atom is -0.493 e. The molecule has 0 radical (unpaired) electrons. The molecule has 1 amide bonds. The van der Waals surface area contributed by atoms with Gasteiger partial charge in [0.25, 0.3) is 5.91 Å². The van der Waals surface area contributed by atoms with E-state index < -0.39 is 10.0 Å². The summed E-state index contributed by atoms with van der Waals surface area (Å²) in [5.74, 6) is 0.761. The van der Waals surface area contributed by atoms with Crippen LogP contribution in [0.4, 0.5) is 11.4 Å². The molecule has 1 aliphatic rings. The van der Waals surface area contributed by atoms with Gasteiger partial charge in [-0.3, -0.25) is 4.79 Å². The minimum atomic E-state index is -3.68. The maximum atomic E-state index is 13.5. The monoisotopic (exact) mass is 447 g/mol. The zero-order valence-electron chi connectivity index (χ0n) is 18.6. The molecule has 9 heteroatoms. The SMILES string of the molecule is COc1ccc(N(C)C(=O)c2cc(S(=O)(=O)N(C)C)ccc2N2CCCC2)cc1OC. The smallest absolute Gasteiger partial charge is 0.260 e. The molecule has 0 N–H and O–H groups in total. The van der Waals surface area contributed by atoms with E-state index in [2.05, 4.69) is 4.90 Å². The third-order valence-electron chi connectivity index (χ3n) is 5.48. The van der Waals surface area contributed by atoms with Crippen molar-refractivity contribution in [3.05, 3.63) is 42.0 Å². The van der Waals surface area contributed by atoms with E-state index in [0.29, 0.717) is 22.7 Å². The average molecular weight is 448 g/mol. The van der Waals surface area contributed by atoms with Crippen LogP contribution < -0.4 is 19.3 Å². The topological polar surface area (TPSA) is 79.4 Å². The van der Waals surface area contributed by atoms with Crippen LogP contribution in [-0.2, 0) is 10.0 Å². The first-order chi connectivity index (χ1) is 14.7. The van der Waals surface area contributed by atoms with Crippen molar-refractivity contribution in [3.8, 4) is 11.5 Å². The maximum absolute atomic E-state index is 13.5. The quantitative estimate of drug-likeness (QED) is 0.649. The van der Waals surface area contributed by atoms with Gasteiger partial charge in [-0.05, 0) is 43.2 Å². The first kappa shape index (κ1) is 22.9. The molecule has 0 saturated carbocycles. The van der Waals surface area contributed by atoms with Gasteiger partial charge in [0.2, 0.25) is 10.0 Å². The molecule has 1 aliphatic heterocycles. The van der Waals surface area contributed by atoms with E-state index >= 15 is 0 Å². The largest absolute Gasteiger partial charge is 0.493 e. The summed E-state index contributed by atoms with van der Waals surface area (Å²) in [7, 11) is 4.01. The molecule has 31 heavy (non-hydrogen) atoms. The van der Waals surface area contributed by atoms with Crippen LogP contribution in [0.15, 0.2) is 41.3 Å². The van der Waals surface area contributed by atoms with Gasteiger partial charge >= 0.3 is 0 Å². The van der Waals surface area contributed by atoms with Gasteiger partial charge in [0, 0.05) is 51.7 Å². The van der Waals surface area contributed by atoms with Crippen LogP contribution in [0.1, 0.15) is 23.2 Å². The number of hydrogen-bond acceptors (Lipinski definition) is 6. The molecule has 2 aromatic carbocycles. The predicted octanol–water partition coefficient (Wildman–Crippen LogP) is 2.83. The first-order valence-electron chi connectivity index (χ1n) is 10.0. The van der Waals surface area contributed by atoms with Crippen LogP contribution in [0, 0.1) is 0 Å². The highest BCUT2D eigenvalue weighted by Crippen LogP contribution is 2.33. The van der Waals surface area contributed by atoms with E-state index in [-0.39, 0.29) is 10.8 Å². The van der Waals surface area contributed by atoms with Crippen LogP contribution in [0.3, 0.4) is 0 Å². The Morgan fingerprint density at radius 3 is 2.16 bits per heavy atom. The summed E-state index contributed by atoms with van der Waals surface area (Å²) in [5.41, 5.74) is 1.70. The van der Waals surface area contributed by atoms with Gasteiger partial charge in [-0.25, -0.2) is 12.7 Å². The highest BCUT2D eigenvalue weighted by molar-refractivity contribution is 7.89. The molecule has 2 aromatic rings. The standard InChI is InChI=1S/C22H29N3O5S/c1-23(2)31(27,28)17-9-10-19(25-12-6-7-13-25)18(15-17)22(26)24(3)16-8-11-20(29-4)21(14-16)30-5/h8-11,14-15H,6-7,12-13H2,1-5H3. The summed E-state index contributed by atoms with van der Waals surface area (Å²) >= 11 is 0. The fourth-order valence-electron chi connectivity index (χ4n) is 3.62. The molecular weight excluding hydrogens is 418 g/mol. The Kier molecular flexibility index (Phi) is 6.76. The average Bonchev–Trinajstić information content (AvgIpc) is 3.31. The normalized spacial score (nSPS) is 14.1. The number of hydrogen-bond donors (Lipinski definition) is 0. The number of amides is 1. The first-order valence-corrected chi connectivity index (χ1v) is 11.5. The molecule has 168 valence electrons. The molecule has 1 heterocycles. The summed E-state index contributed by atoms with van der Waals surface area (Å²) in [5, 5.41) is 0. The number of ether oxygens (including phenoxy) is 2. The van der Waals surface area contributed by atoms with Crippen LogP contribution in [0.25, 0.3) is 0 Å². The van der Waals surface area contributed by atoms with Crippen molar-refractivity contribution in [3.63, 3.8) is 0 Å². The molecular formula is C22H29N3O5S. The Labute approximate surface area is 184 Å². The molecule has 0 aromatic heterocycles. The number of carbonyl (C=O) groups excluding carboxylic acids is 1. The molecule has 1 saturated heterocycles. The number of anilines is 2. The minimum absolute atomic E-state index is 0.0875. The van der Waals surface area contributed by atoms with Gasteiger partial charge in [0.15, 0.2) is 11.5 Å². The van der Waals surface area contributed by atoms with Crippen LogP contribution in [0.2, 0.25) is 0 Å². The Balaban J connectivity index is 2.07. The Hall–Kier alpha value is -2.78. The Morgan fingerprint density at radius 1 is 0.935 bits per heavy atom. The van der Waals surface area contributed by atoms with Crippen molar-refractivity contribution in [1.29, 1.82) is 0 Å². The Morgan fingerprint density at radius 2 is 1.58 bits per heavy atom. The second-order valence-electron chi connectivity index (χ2n) is 7.56. The fraction of sp³-hybridized carbons (Fsp3) is 0.409. The number of rotatable bonds is 7.